The number of alkyl halides is 3. The van der Waals surface area contributed by atoms with Crippen LogP contribution in [-0.2, 0) is 19.9 Å². The molecule has 2 heterocycles. The van der Waals surface area contributed by atoms with Gasteiger partial charge in [-0.2, -0.15) is 18.3 Å². The molecule has 1 aromatic heterocycles. The Bertz CT molecular complexity index is 1120. The van der Waals surface area contributed by atoms with Crippen molar-refractivity contribution in [3.63, 3.8) is 0 Å². The molecule has 31 heavy (non-hydrogen) atoms. The molecule has 0 saturated carbocycles. The summed E-state index contributed by atoms with van der Waals surface area (Å²) in [6.07, 6.45) is -4.34. The molecule has 1 fully saturated rings. The van der Waals surface area contributed by atoms with Crippen LogP contribution in [0.4, 0.5) is 18.9 Å². The lowest BCUT2D eigenvalue weighted by Crippen LogP contribution is -2.47. The van der Waals surface area contributed by atoms with Crippen molar-refractivity contribution in [1.82, 2.24) is 19.2 Å². The van der Waals surface area contributed by atoms with Crippen LogP contribution in [0, 0.1) is 4.77 Å². The predicted molar refractivity (Wildman–Crippen MR) is 118 cm³/mol. The zero-order valence-electron chi connectivity index (χ0n) is 16.8. The summed E-state index contributed by atoms with van der Waals surface area (Å²) in [5.41, 5.74) is 0.891. The normalized spacial score (nSPS) is 15.5. The highest BCUT2D eigenvalue weighted by Crippen LogP contribution is 2.32. The molecule has 1 saturated heterocycles. The molecule has 0 amide bonds. The van der Waals surface area contributed by atoms with Gasteiger partial charge in [0.1, 0.15) is 0 Å². The fourth-order valence-corrected chi connectivity index (χ4v) is 3.96. The zero-order valence-corrected chi connectivity index (χ0v) is 18.4. The van der Waals surface area contributed by atoms with Gasteiger partial charge in [-0.25, -0.2) is 4.68 Å². The molecule has 0 aliphatic carbocycles. The minimum atomic E-state index is -4.34. The van der Waals surface area contributed by atoms with Crippen molar-refractivity contribution < 1.29 is 13.2 Å². The zero-order chi connectivity index (χ0) is 22.2. The average Bonchev–Trinajstić information content (AvgIpc) is 3.03. The highest BCUT2D eigenvalue weighted by Gasteiger charge is 2.31. The lowest BCUT2D eigenvalue weighted by molar-refractivity contribution is -0.137. The molecule has 0 radical (unpaired) electrons. The van der Waals surface area contributed by atoms with Crippen molar-refractivity contribution in [3.8, 4) is 11.4 Å². The van der Waals surface area contributed by atoms with E-state index in [1.807, 2.05) is 40.8 Å². The Morgan fingerprint density at radius 1 is 1.03 bits per heavy atom. The number of nitrogens with zero attached hydrogens (tertiary/aromatic N) is 5. The van der Waals surface area contributed by atoms with Crippen LogP contribution >= 0.6 is 23.8 Å². The van der Waals surface area contributed by atoms with Gasteiger partial charge in [0.05, 0.1) is 12.2 Å². The van der Waals surface area contributed by atoms with E-state index in [4.69, 9.17) is 23.8 Å². The maximum atomic E-state index is 13.0. The van der Waals surface area contributed by atoms with Gasteiger partial charge in [-0.3, -0.25) is 4.90 Å². The van der Waals surface area contributed by atoms with Crippen molar-refractivity contribution >= 4 is 29.5 Å². The number of piperazine rings is 1. The van der Waals surface area contributed by atoms with Crippen molar-refractivity contribution in [3.05, 3.63) is 63.9 Å². The van der Waals surface area contributed by atoms with Crippen molar-refractivity contribution in [1.29, 1.82) is 0 Å². The van der Waals surface area contributed by atoms with E-state index in [9.17, 15) is 13.2 Å². The number of rotatable bonds is 4. The summed E-state index contributed by atoms with van der Waals surface area (Å²) in [6, 6.07) is 12.9. The molecule has 2 aromatic carbocycles. The first-order chi connectivity index (χ1) is 14.7. The van der Waals surface area contributed by atoms with Crippen molar-refractivity contribution in [2.75, 3.05) is 31.1 Å². The van der Waals surface area contributed by atoms with Crippen molar-refractivity contribution in [2.45, 2.75) is 12.8 Å². The van der Waals surface area contributed by atoms with Crippen LogP contribution in [0.2, 0.25) is 5.02 Å². The minimum Gasteiger partial charge on any atom is -0.369 e. The van der Waals surface area contributed by atoms with E-state index in [2.05, 4.69) is 10.00 Å². The number of anilines is 1. The Morgan fingerprint density at radius 2 is 1.71 bits per heavy atom. The summed E-state index contributed by atoms with van der Waals surface area (Å²) in [5.74, 6) is 0.754. The standard InChI is InChI=1S/C21H21ClF3N5S/c1-27-19(15-5-7-17(22)8-6-15)26-30(20(27)31)14-28-9-11-29(12-10-28)18-4-2-3-16(13-18)21(23,24)25/h2-8,13H,9-12,14H2,1H3. The average molecular weight is 468 g/mol. The molecule has 1 aliphatic rings. The fourth-order valence-electron chi connectivity index (χ4n) is 3.65. The number of benzene rings is 2. The quantitative estimate of drug-likeness (QED) is 0.501. The van der Waals surface area contributed by atoms with Gasteiger partial charge in [-0.05, 0) is 54.7 Å². The van der Waals surface area contributed by atoms with Gasteiger partial charge in [0.15, 0.2) is 10.6 Å². The molecular weight excluding hydrogens is 447 g/mol. The van der Waals surface area contributed by atoms with E-state index in [0.717, 1.165) is 17.5 Å². The molecule has 3 aromatic rings. The fraction of sp³-hybridized carbons (Fsp3) is 0.333. The lowest BCUT2D eigenvalue weighted by atomic mass is 10.1. The second kappa shape index (κ2) is 8.64. The van der Waals surface area contributed by atoms with Crippen molar-refractivity contribution in [2.24, 2.45) is 7.05 Å². The molecule has 0 unspecified atom stereocenters. The molecular formula is C21H21ClF3N5S. The number of halogens is 4. The van der Waals surface area contributed by atoms with Crippen LogP contribution < -0.4 is 4.90 Å². The molecule has 1 aliphatic heterocycles. The smallest absolute Gasteiger partial charge is 0.369 e. The second-order valence-electron chi connectivity index (χ2n) is 7.47. The number of hydrogen-bond acceptors (Lipinski definition) is 4. The highest BCUT2D eigenvalue weighted by molar-refractivity contribution is 7.71. The van der Waals surface area contributed by atoms with Crippen LogP contribution in [0.15, 0.2) is 48.5 Å². The SMILES string of the molecule is Cn1c(-c2ccc(Cl)cc2)nn(CN2CCN(c3cccc(C(F)(F)F)c3)CC2)c1=S. The van der Waals surface area contributed by atoms with E-state index in [0.29, 0.717) is 48.3 Å². The number of aromatic nitrogens is 3. The van der Waals surface area contributed by atoms with Gasteiger partial charge in [0.25, 0.3) is 0 Å². The third kappa shape index (κ3) is 4.78. The highest BCUT2D eigenvalue weighted by atomic mass is 35.5. The molecule has 0 bridgehead atoms. The summed E-state index contributed by atoms with van der Waals surface area (Å²) in [5, 5.41) is 5.33. The van der Waals surface area contributed by atoms with Crippen LogP contribution in [-0.4, -0.2) is 45.4 Å². The molecule has 0 N–H and O–H groups in total. The third-order valence-corrected chi connectivity index (χ3v) is 6.12. The maximum Gasteiger partial charge on any atom is 0.416 e. The second-order valence-corrected chi connectivity index (χ2v) is 8.27. The molecule has 5 nitrogen and oxygen atoms in total. The Balaban J connectivity index is 1.43. The van der Waals surface area contributed by atoms with Crippen LogP contribution in [0.5, 0.6) is 0 Å². The Labute approximate surface area is 188 Å². The first-order valence-electron chi connectivity index (χ1n) is 9.77. The molecule has 0 spiro atoms. The van der Waals surface area contributed by atoms with E-state index >= 15 is 0 Å². The first kappa shape index (κ1) is 21.9. The Morgan fingerprint density at radius 3 is 2.35 bits per heavy atom. The molecule has 0 atom stereocenters. The Hall–Kier alpha value is -2.36. The van der Waals surface area contributed by atoms with E-state index < -0.39 is 11.7 Å². The van der Waals surface area contributed by atoms with Crippen LogP contribution in [0.1, 0.15) is 5.56 Å². The van der Waals surface area contributed by atoms with Gasteiger partial charge in [-0.1, -0.05) is 17.7 Å². The van der Waals surface area contributed by atoms with Gasteiger partial charge in [0.2, 0.25) is 0 Å². The van der Waals surface area contributed by atoms with Gasteiger partial charge >= 0.3 is 6.18 Å². The topological polar surface area (TPSA) is 29.2 Å². The maximum absolute atomic E-state index is 13.0. The summed E-state index contributed by atoms with van der Waals surface area (Å²) in [4.78, 5) is 4.17. The summed E-state index contributed by atoms with van der Waals surface area (Å²) >= 11 is 11.5. The lowest BCUT2D eigenvalue weighted by Gasteiger charge is -2.36. The van der Waals surface area contributed by atoms with Crippen LogP contribution in [0.25, 0.3) is 11.4 Å². The Kier molecular flexibility index (Phi) is 6.09. The molecule has 10 heteroatoms. The third-order valence-electron chi connectivity index (χ3n) is 5.39. The summed E-state index contributed by atoms with van der Waals surface area (Å²) < 4.78 is 43.2. The minimum absolute atomic E-state index is 0.524. The van der Waals surface area contributed by atoms with Gasteiger partial charge < -0.3 is 9.47 Å². The molecule has 164 valence electrons. The van der Waals surface area contributed by atoms with Gasteiger partial charge in [0, 0.05) is 49.5 Å². The molecule has 4 rings (SSSR count). The first-order valence-corrected chi connectivity index (χ1v) is 10.6. The van der Waals surface area contributed by atoms with E-state index in [1.54, 1.807) is 10.7 Å². The monoisotopic (exact) mass is 467 g/mol. The summed E-state index contributed by atoms with van der Waals surface area (Å²) in [7, 11) is 1.88. The largest absolute Gasteiger partial charge is 0.416 e. The van der Waals surface area contributed by atoms with E-state index in [1.165, 1.54) is 12.1 Å². The predicted octanol–water partition coefficient (Wildman–Crippen LogP) is 5.07. The van der Waals surface area contributed by atoms with E-state index in [-0.39, 0.29) is 0 Å². The van der Waals surface area contributed by atoms with Crippen LogP contribution in [0.3, 0.4) is 0 Å². The summed E-state index contributed by atoms with van der Waals surface area (Å²) in [6.45, 7) is 3.18. The number of hydrogen-bond donors (Lipinski definition) is 0. The van der Waals surface area contributed by atoms with Gasteiger partial charge in [-0.15, -0.1) is 0 Å².